The topological polar surface area (TPSA) is 49.8 Å². The average Bonchev–Trinajstić information content (AvgIpc) is 2.89. The SMILES string of the molecule is CCCNc1ncnc(NCC2CCCS2)c1C. The lowest BCUT2D eigenvalue weighted by molar-refractivity contribution is 0.802. The number of hydrogen-bond acceptors (Lipinski definition) is 5. The molecule has 1 aliphatic heterocycles. The van der Waals surface area contributed by atoms with Gasteiger partial charge in [0.05, 0.1) is 0 Å². The molecule has 100 valence electrons. The Morgan fingerprint density at radius 3 is 2.78 bits per heavy atom. The van der Waals surface area contributed by atoms with Crippen molar-refractivity contribution in [2.75, 3.05) is 29.5 Å². The van der Waals surface area contributed by atoms with E-state index in [0.717, 1.165) is 42.0 Å². The van der Waals surface area contributed by atoms with Gasteiger partial charge in [-0.15, -0.1) is 0 Å². The molecule has 0 spiro atoms. The molecule has 18 heavy (non-hydrogen) atoms. The predicted octanol–water partition coefficient (Wildman–Crippen LogP) is 2.91. The zero-order chi connectivity index (χ0) is 12.8. The average molecular weight is 266 g/mol. The van der Waals surface area contributed by atoms with Crippen molar-refractivity contribution in [2.45, 2.75) is 38.4 Å². The molecule has 0 bridgehead atoms. The van der Waals surface area contributed by atoms with Gasteiger partial charge in [-0.2, -0.15) is 11.8 Å². The van der Waals surface area contributed by atoms with Crippen LogP contribution in [0.3, 0.4) is 0 Å². The molecule has 1 aromatic rings. The van der Waals surface area contributed by atoms with Gasteiger partial charge in [-0.25, -0.2) is 9.97 Å². The number of nitrogens with one attached hydrogen (secondary N) is 2. The van der Waals surface area contributed by atoms with Crippen LogP contribution in [0.4, 0.5) is 11.6 Å². The highest BCUT2D eigenvalue weighted by atomic mass is 32.2. The minimum Gasteiger partial charge on any atom is -0.370 e. The predicted molar refractivity (Wildman–Crippen MR) is 79.5 cm³/mol. The molecular weight excluding hydrogens is 244 g/mol. The monoisotopic (exact) mass is 266 g/mol. The first-order valence-corrected chi connectivity index (χ1v) is 7.77. The Morgan fingerprint density at radius 2 is 2.11 bits per heavy atom. The number of rotatable bonds is 6. The summed E-state index contributed by atoms with van der Waals surface area (Å²) in [7, 11) is 0. The van der Waals surface area contributed by atoms with Crippen molar-refractivity contribution in [3.8, 4) is 0 Å². The number of hydrogen-bond donors (Lipinski definition) is 2. The first kappa shape index (κ1) is 13.5. The second kappa shape index (κ2) is 6.83. The molecule has 5 heteroatoms. The van der Waals surface area contributed by atoms with E-state index in [4.69, 9.17) is 0 Å². The van der Waals surface area contributed by atoms with Gasteiger partial charge in [0.25, 0.3) is 0 Å². The van der Waals surface area contributed by atoms with Crippen LogP contribution in [-0.2, 0) is 0 Å². The summed E-state index contributed by atoms with van der Waals surface area (Å²) in [4.78, 5) is 8.63. The zero-order valence-electron chi connectivity index (χ0n) is 11.2. The Hall–Kier alpha value is -0.970. The Kier molecular flexibility index (Phi) is 5.11. The molecule has 0 aromatic carbocycles. The maximum atomic E-state index is 4.34. The normalized spacial score (nSPS) is 18.9. The summed E-state index contributed by atoms with van der Waals surface area (Å²) in [5.41, 5.74) is 1.12. The van der Waals surface area contributed by atoms with Crippen LogP contribution in [0, 0.1) is 6.92 Å². The van der Waals surface area contributed by atoms with Gasteiger partial charge in [-0.3, -0.25) is 0 Å². The lowest BCUT2D eigenvalue weighted by Gasteiger charge is -2.14. The minimum absolute atomic E-state index is 0.742. The Morgan fingerprint density at radius 1 is 1.33 bits per heavy atom. The summed E-state index contributed by atoms with van der Waals surface area (Å²) in [6.45, 7) is 6.19. The zero-order valence-corrected chi connectivity index (χ0v) is 12.0. The quantitative estimate of drug-likeness (QED) is 0.829. The Bertz CT molecular complexity index is 377. The molecule has 4 nitrogen and oxygen atoms in total. The summed E-state index contributed by atoms with van der Waals surface area (Å²) in [5.74, 6) is 3.22. The molecule has 1 fully saturated rings. The Balaban J connectivity index is 1.94. The van der Waals surface area contributed by atoms with Crippen LogP contribution in [0.5, 0.6) is 0 Å². The van der Waals surface area contributed by atoms with E-state index in [0.29, 0.717) is 0 Å². The standard InChI is InChI=1S/C13H22N4S/c1-3-6-14-12-10(2)13(17-9-16-12)15-8-11-5-4-7-18-11/h9,11H,3-8H2,1-2H3,(H2,14,15,16,17). The molecule has 2 heterocycles. The highest BCUT2D eigenvalue weighted by Gasteiger charge is 2.16. The number of thioether (sulfide) groups is 1. The molecule has 1 unspecified atom stereocenters. The molecule has 1 aromatic heterocycles. The molecule has 0 saturated carbocycles. The summed E-state index contributed by atoms with van der Waals surface area (Å²) in [5, 5.41) is 7.54. The van der Waals surface area contributed by atoms with Crippen molar-refractivity contribution in [1.29, 1.82) is 0 Å². The number of nitrogens with zero attached hydrogens (tertiary/aromatic N) is 2. The van der Waals surface area contributed by atoms with E-state index in [1.807, 2.05) is 0 Å². The van der Waals surface area contributed by atoms with Crippen molar-refractivity contribution in [3.63, 3.8) is 0 Å². The second-order valence-electron chi connectivity index (χ2n) is 4.64. The van der Waals surface area contributed by atoms with Crippen LogP contribution in [-0.4, -0.2) is 34.1 Å². The van der Waals surface area contributed by atoms with E-state index in [2.05, 4.69) is 46.2 Å². The summed E-state index contributed by atoms with van der Waals surface area (Å²) in [6.07, 6.45) is 5.41. The van der Waals surface area contributed by atoms with Gasteiger partial charge in [0.1, 0.15) is 18.0 Å². The fraction of sp³-hybridized carbons (Fsp3) is 0.692. The highest BCUT2D eigenvalue weighted by Crippen LogP contribution is 2.27. The molecular formula is C13H22N4S. The van der Waals surface area contributed by atoms with E-state index in [-0.39, 0.29) is 0 Å². The third-order valence-electron chi connectivity index (χ3n) is 3.15. The van der Waals surface area contributed by atoms with Crippen LogP contribution in [0.1, 0.15) is 31.7 Å². The van der Waals surface area contributed by atoms with Crippen molar-refractivity contribution in [2.24, 2.45) is 0 Å². The number of anilines is 2. The third kappa shape index (κ3) is 3.51. The van der Waals surface area contributed by atoms with E-state index in [1.165, 1.54) is 18.6 Å². The van der Waals surface area contributed by atoms with Crippen LogP contribution in [0.25, 0.3) is 0 Å². The van der Waals surface area contributed by atoms with Crippen molar-refractivity contribution in [1.82, 2.24) is 9.97 Å². The summed E-state index contributed by atoms with van der Waals surface area (Å²) >= 11 is 2.06. The van der Waals surface area contributed by atoms with E-state index >= 15 is 0 Å². The fourth-order valence-electron chi connectivity index (χ4n) is 2.07. The Labute approximate surface area is 113 Å². The van der Waals surface area contributed by atoms with Crippen LogP contribution in [0.15, 0.2) is 6.33 Å². The highest BCUT2D eigenvalue weighted by molar-refractivity contribution is 8.00. The van der Waals surface area contributed by atoms with Gasteiger partial charge in [-0.05, 0) is 31.9 Å². The second-order valence-corrected chi connectivity index (χ2v) is 6.05. The van der Waals surface area contributed by atoms with Gasteiger partial charge < -0.3 is 10.6 Å². The largest absolute Gasteiger partial charge is 0.370 e. The molecule has 2 rings (SSSR count). The van der Waals surface area contributed by atoms with Gasteiger partial charge in [0.2, 0.25) is 0 Å². The van der Waals surface area contributed by atoms with Crippen molar-refractivity contribution in [3.05, 3.63) is 11.9 Å². The third-order valence-corrected chi connectivity index (χ3v) is 4.55. The maximum Gasteiger partial charge on any atom is 0.134 e. The van der Waals surface area contributed by atoms with Crippen LogP contribution < -0.4 is 10.6 Å². The van der Waals surface area contributed by atoms with Crippen molar-refractivity contribution < 1.29 is 0 Å². The van der Waals surface area contributed by atoms with E-state index < -0.39 is 0 Å². The minimum atomic E-state index is 0.742. The van der Waals surface area contributed by atoms with Crippen molar-refractivity contribution >= 4 is 23.4 Å². The van der Waals surface area contributed by atoms with Gasteiger partial charge in [0, 0.05) is 23.9 Å². The molecule has 1 saturated heterocycles. The van der Waals surface area contributed by atoms with Gasteiger partial charge in [-0.1, -0.05) is 6.92 Å². The first-order valence-electron chi connectivity index (χ1n) is 6.72. The van der Waals surface area contributed by atoms with Crippen LogP contribution >= 0.6 is 11.8 Å². The lowest BCUT2D eigenvalue weighted by Crippen LogP contribution is -2.16. The molecule has 2 N–H and O–H groups in total. The number of aromatic nitrogens is 2. The lowest BCUT2D eigenvalue weighted by atomic mass is 10.2. The summed E-state index contributed by atoms with van der Waals surface area (Å²) < 4.78 is 0. The first-order chi connectivity index (χ1) is 8.81. The fourth-order valence-corrected chi connectivity index (χ4v) is 3.27. The molecule has 0 radical (unpaired) electrons. The summed E-state index contributed by atoms with van der Waals surface area (Å²) in [6, 6.07) is 0. The van der Waals surface area contributed by atoms with Crippen LogP contribution in [0.2, 0.25) is 0 Å². The van der Waals surface area contributed by atoms with E-state index in [9.17, 15) is 0 Å². The smallest absolute Gasteiger partial charge is 0.134 e. The molecule has 1 atom stereocenters. The van der Waals surface area contributed by atoms with E-state index in [1.54, 1.807) is 6.33 Å². The molecule has 0 amide bonds. The maximum absolute atomic E-state index is 4.34. The van der Waals surface area contributed by atoms with Gasteiger partial charge >= 0.3 is 0 Å². The molecule has 0 aliphatic carbocycles. The van der Waals surface area contributed by atoms with Gasteiger partial charge in [0.15, 0.2) is 0 Å². The molecule has 1 aliphatic rings.